The lowest BCUT2D eigenvalue weighted by Gasteiger charge is -2.54. The Morgan fingerprint density at radius 3 is 2.83 bits per heavy atom. The van der Waals surface area contributed by atoms with E-state index in [4.69, 9.17) is 4.74 Å². The van der Waals surface area contributed by atoms with E-state index in [1.54, 1.807) is 5.56 Å². The molecule has 4 atom stereocenters. The normalized spacial score (nSPS) is 33.2. The Hall–Kier alpha value is -2.52. The van der Waals surface area contributed by atoms with E-state index in [1.165, 1.54) is 33.3 Å². The SMILES string of the molecule is CCC12CC3(C)OC1C(c1cccc(C)c1)=CN1CCc4c(n3c3ccccc43)C12. The Balaban J connectivity index is 1.55. The van der Waals surface area contributed by atoms with E-state index in [1.807, 2.05) is 0 Å². The summed E-state index contributed by atoms with van der Waals surface area (Å²) >= 11 is 0. The largest absolute Gasteiger partial charge is 0.368 e. The number of fused-ring (bicyclic) bond motifs is 5. The first-order valence-corrected chi connectivity index (χ1v) is 11.4. The molecule has 0 aliphatic carbocycles. The molecule has 4 aliphatic rings. The van der Waals surface area contributed by atoms with Crippen LogP contribution in [0.25, 0.3) is 16.5 Å². The molecule has 4 aliphatic heterocycles. The maximum Gasteiger partial charge on any atom is 0.143 e. The van der Waals surface area contributed by atoms with Crippen molar-refractivity contribution in [3.05, 3.63) is 77.1 Å². The average Bonchev–Trinajstić information content (AvgIpc) is 3.24. The van der Waals surface area contributed by atoms with Crippen LogP contribution in [0.2, 0.25) is 0 Å². The van der Waals surface area contributed by atoms with Gasteiger partial charge >= 0.3 is 0 Å². The van der Waals surface area contributed by atoms with Gasteiger partial charge in [-0.25, -0.2) is 0 Å². The fourth-order valence-electron chi connectivity index (χ4n) is 7.32. The Morgan fingerprint density at radius 2 is 2.00 bits per heavy atom. The van der Waals surface area contributed by atoms with E-state index >= 15 is 0 Å². The monoisotopic (exact) mass is 396 g/mol. The third-order valence-corrected chi connectivity index (χ3v) is 8.40. The Kier molecular flexibility index (Phi) is 3.09. The van der Waals surface area contributed by atoms with Crippen molar-refractivity contribution in [2.75, 3.05) is 6.54 Å². The molecule has 1 aromatic heterocycles. The lowest BCUT2D eigenvalue weighted by Crippen LogP contribution is -2.53. The van der Waals surface area contributed by atoms with Crippen LogP contribution < -0.4 is 0 Å². The van der Waals surface area contributed by atoms with Crippen LogP contribution in [0, 0.1) is 12.3 Å². The minimum absolute atomic E-state index is 0.127. The van der Waals surface area contributed by atoms with Gasteiger partial charge in [0.25, 0.3) is 0 Å². The standard InChI is InChI=1S/C27H28N2O/c1-4-27-16-26(3)29-22-11-6-5-10-19(22)20-12-13-28(24(27)23(20)29)15-21(25(27)30-26)18-9-7-8-17(2)14-18/h5-11,14-15,24-25H,4,12-13,16H2,1-3H3. The molecule has 2 aromatic carbocycles. The predicted molar refractivity (Wildman–Crippen MR) is 120 cm³/mol. The van der Waals surface area contributed by atoms with Gasteiger partial charge in [-0.3, -0.25) is 0 Å². The second kappa shape index (κ2) is 5.39. The van der Waals surface area contributed by atoms with E-state index in [0.29, 0.717) is 6.04 Å². The highest BCUT2D eigenvalue weighted by atomic mass is 16.5. The molecular weight excluding hydrogens is 368 g/mol. The van der Waals surface area contributed by atoms with Gasteiger partial charge in [-0.2, -0.15) is 0 Å². The van der Waals surface area contributed by atoms with Crippen LogP contribution in [0.1, 0.15) is 55.1 Å². The Morgan fingerprint density at radius 1 is 1.13 bits per heavy atom. The van der Waals surface area contributed by atoms with E-state index < -0.39 is 0 Å². The van der Waals surface area contributed by atoms with Gasteiger partial charge in [0.05, 0.1) is 17.7 Å². The van der Waals surface area contributed by atoms with Crippen molar-refractivity contribution >= 4 is 16.5 Å². The quantitative estimate of drug-likeness (QED) is 0.547. The number of hydrogen-bond donors (Lipinski definition) is 0. The molecular formula is C27H28N2O. The summed E-state index contributed by atoms with van der Waals surface area (Å²) in [5.41, 5.74) is 8.28. The van der Waals surface area contributed by atoms with E-state index in [9.17, 15) is 0 Å². The third kappa shape index (κ3) is 1.82. The van der Waals surface area contributed by atoms with Gasteiger partial charge in [-0.05, 0) is 43.9 Å². The highest BCUT2D eigenvalue weighted by Crippen LogP contribution is 2.68. The van der Waals surface area contributed by atoms with E-state index in [-0.39, 0.29) is 17.2 Å². The Labute approximate surface area is 177 Å². The predicted octanol–water partition coefficient (Wildman–Crippen LogP) is 5.78. The molecule has 1 fully saturated rings. The maximum atomic E-state index is 7.14. The fraction of sp³-hybridized carbons (Fsp3) is 0.407. The molecule has 0 spiro atoms. The van der Waals surface area contributed by atoms with Crippen LogP contribution in [0.15, 0.2) is 54.7 Å². The number of nitrogens with zero attached hydrogens (tertiary/aromatic N) is 2. The first-order valence-electron chi connectivity index (χ1n) is 11.4. The van der Waals surface area contributed by atoms with Crippen LogP contribution >= 0.6 is 0 Å². The molecule has 152 valence electrons. The van der Waals surface area contributed by atoms with Crippen LogP contribution in [0.3, 0.4) is 0 Å². The van der Waals surface area contributed by atoms with Crippen molar-refractivity contribution in [3.63, 3.8) is 0 Å². The summed E-state index contributed by atoms with van der Waals surface area (Å²) in [5, 5.41) is 1.43. The van der Waals surface area contributed by atoms with Gasteiger partial charge in [0.15, 0.2) is 0 Å². The second-order valence-electron chi connectivity index (χ2n) is 10.00. The number of para-hydroxylation sites is 1. The molecule has 7 rings (SSSR count). The summed E-state index contributed by atoms with van der Waals surface area (Å²) in [7, 11) is 0. The van der Waals surface area contributed by atoms with Gasteiger partial charge in [-0.15, -0.1) is 0 Å². The fourth-order valence-corrected chi connectivity index (χ4v) is 7.32. The third-order valence-electron chi connectivity index (χ3n) is 8.40. The summed E-state index contributed by atoms with van der Waals surface area (Å²) in [5.74, 6) is 0. The zero-order valence-corrected chi connectivity index (χ0v) is 18.0. The molecule has 0 saturated carbocycles. The second-order valence-corrected chi connectivity index (χ2v) is 10.00. The van der Waals surface area contributed by atoms with Gasteiger partial charge < -0.3 is 14.2 Å². The van der Waals surface area contributed by atoms with Crippen molar-refractivity contribution in [2.24, 2.45) is 5.41 Å². The summed E-state index contributed by atoms with van der Waals surface area (Å²) in [4.78, 5) is 2.66. The van der Waals surface area contributed by atoms with Gasteiger partial charge in [0.2, 0.25) is 0 Å². The summed E-state index contributed by atoms with van der Waals surface area (Å²) < 4.78 is 9.72. The molecule has 4 unspecified atom stereocenters. The molecule has 0 amide bonds. The molecule has 5 heterocycles. The van der Waals surface area contributed by atoms with Gasteiger partial charge in [0, 0.05) is 41.2 Å². The highest BCUT2D eigenvalue weighted by Gasteiger charge is 2.67. The van der Waals surface area contributed by atoms with Crippen molar-refractivity contribution in [3.8, 4) is 0 Å². The molecule has 0 radical (unpaired) electrons. The van der Waals surface area contributed by atoms with Gasteiger partial charge in [0.1, 0.15) is 5.72 Å². The molecule has 2 bridgehead atoms. The number of ether oxygens (including phenoxy) is 1. The topological polar surface area (TPSA) is 17.4 Å². The van der Waals surface area contributed by atoms with Crippen LogP contribution in [0.4, 0.5) is 0 Å². The molecule has 0 N–H and O–H groups in total. The maximum absolute atomic E-state index is 7.14. The number of aryl methyl sites for hydroxylation is 1. The lowest BCUT2D eigenvalue weighted by atomic mass is 9.62. The van der Waals surface area contributed by atoms with E-state index in [0.717, 1.165) is 25.8 Å². The highest BCUT2D eigenvalue weighted by molar-refractivity contribution is 5.87. The van der Waals surface area contributed by atoms with Crippen molar-refractivity contribution in [1.29, 1.82) is 0 Å². The summed E-state index contributed by atoms with van der Waals surface area (Å²) in [6.45, 7) is 7.99. The summed E-state index contributed by atoms with van der Waals surface area (Å²) in [6, 6.07) is 18.3. The van der Waals surface area contributed by atoms with Crippen LogP contribution in [-0.4, -0.2) is 22.1 Å². The molecule has 1 saturated heterocycles. The van der Waals surface area contributed by atoms with Crippen molar-refractivity contribution < 1.29 is 4.74 Å². The zero-order valence-electron chi connectivity index (χ0n) is 18.0. The Bertz CT molecular complexity index is 1250. The number of rotatable bonds is 2. The molecule has 3 heteroatoms. The first kappa shape index (κ1) is 17.2. The zero-order chi connectivity index (χ0) is 20.3. The van der Waals surface area contributed by atoms with Crippen LogP contribution in [-0.2, 0) is 16.9 Å². The smallest absolute Gasteiger partial charge is 0.143 e. The minimum atomic E-state index is -0.291. The van der Waals surface area contributed by atoms with Crippen molar-refractivity contribution in [1.82, 2.24) is 9.47 Å². The number of aromatic nitrogens is 1. The summed E-state index contributed by atoms with van der Waals surface area (Å²) in [6.07, 6.45) is 5.91. The molecule has 30 heavy (non-hydrogen) atoms. The lowest BCUT2D eigenvalue weighted by molar-refractivity contribution is -0.0643. The van der Waals surface area contributed by atoms with Crippen molar-refractivity contribution in [2.45, 2.75) is 57.9 Å². The van der Waals surface area contributed by atoms with E-state index in [2.05, 4.69) is 85.0 Å². The number of hydrogen-bond acceptors (Lipinski definition) is 2. The minimum Gasteiger partial charge on any atom is -0.368 e. The first-order chi connectivity index (χ1) is 14.6. The van der Waals surface area contributed by atoms with Crippen LogP contribution in [0.5, 0.6) is 0 Å². The molecule has 3 aromatic rings. The van der Waals surface area contributed by atoms with Gasteiger partial charge in [-0.1, -0.05) is 55.0 Å². The average molecular weight is 397 g/mol. The number of benzene rings is 2. The molecule has 3 nitrogen and oxygen atoms in total.